The Bertz CT molecular complexity index is 567. The molecule has 0 aliphatic rings. The van der Waals surface area contributed by atoms with Crippen molar-refractivity contribution < 1.29 is 19.5 Å². The first-order valence-electron chi connectivity index (χ1n) is 14.2. The van der Waals surface area contributed by atoms with Crippen LogP contribution in [0.1, 0.15) is 111 Å². The summed E-state index contributed by atoms with van der Waals surface area (Å²) in [6.07, 6.45) is 0. The second kappa shape index (κ2) is 24.3. The third-order valence-corrected chi connectivity index (χ3v) is 5.48. The van der Waals surface area contributed by atoms with Gasteiger partial charge in [0.1, 0.15) is 0 Å². The summed E-state index contributed by atoms with van der Waals surface area (Å²) in [5.41, 5.74) is 28.4. The molecule has 0 saturated heterocycles. The SMILES string of the molecule is CC(C)N(C(=N)[NH-])C(C)C.CC(C)N(C(=N)[NH-])C(C)C.CC(C)N(C(=N)[NH-])C(C)C.CC(C)N(C(=N)[NH-])C(C)C.[Zn]. The summed E-state index contributed by atoms with van der Waals surface area (Å²) in [7, 11) is 0. The first-order chi connectivity index (χ1) is 17.9. The van der Waals surface area contributed by atoms with E-state index >= 15 is 0 Å². The standard InChI is InChI=1S/4C7H16N3.Zn/c4*1-5(2)10(6(3)4)7(8)9;/h4*5-6H,1-4H3,(H2-,8,9);/q4*-1;. The fraction of sp³-hybridized carbons (Fsp3) is 0.857. The Labute approximate surface area is 266 Å². The van der Waals surface area contributed by atoms with Crippen molar-refractivity contribution in [2.45, 2.75) is 159 Å². The molecule has 0 heterocycles. The summed E-state index contributed by atoms with van der Waals surface area (Å²) in [6, 6.07) is 2.04. The van der Waals surface area contributed by atoms with Gasteiger partial charge in [0.25, 0.3) is 0 Å². The van der Waals surface area contributed by atoms with Gasteiger partial charge in [-0.25, -0.2) is 0 Å². The Kier molecular flexibility index (Phi) is 28.7. The summed E-state index contributed by atoms with van der Waals surface area (Å²) in [6.45, 7) is 31.8. The molecule has 0 atom stereocenters. The minimum atomic E-state index is -0.0926. The van der Waals surface area contributed by atoms with E-state index in [0.717, 1.165) is 0 Å². The Morgan fingerprint density at radius 3 is 0.390 bits per heavy atom. The number of nitrogens with zero attached hydrogens (tertiary/aromatic N) is 4. The monoisotopic (exact) mass is 632 g/mol. The largest absolute Gasteiger partial charge is 0.422 e. The van der Waals surface area contributed by atoms with E-state index in [2.05, 4.69) is 0 Å². The molecule has 0 spiro atoms. The van der Waals surface area contributed by atoms with E-state index in [4.69, 9.17) is 44.6 Å². The van der Waals surface area contributed by atoms with Crippen molar-refractivity contribution in [2.75, 3.05) is 0 Å². The van der Waals surface area contributed by atoms with Gasteiger partial charge >= 0.3 is 0 Å². The van der Waals surface area contributed by atoms with Gasteiger partial charge in [0, 0.05) is 43.3 Å². The molecule has 41 heavy (non-hydrogen) atoms. The summed E-state index contributed by atoms with van der Waals surface area (Å²) in [5, 5.41) is 28.4. The van der Waals surface area contributed by atoms with Gasteiger partial charge in [-0.05, 0) is 48.3 Å². The molecule has 0 saturated carbocycles. The first-order valence-corrected chi connectivity index (χ1v) is 14.2. The van der Waals surface area contributed by atoms with Gasteiger partial charge < -0.3 is 64.2 Å². The maximum atomic E-state index is 7.10. The molecule has 12 nitrogen and oxygen atoms in total. The minimum absolute atomic E-state index is 0. The van der Waals surface area contributed by atoms with Crippen molar-refractivity contribution >= 4 is 23.8 Å². The number of guanidine groups is 4. The summed E-state index contributed by atoms with van der Waals surface area (Å²) in [5.74, 6) is -0.370. The van der Waals surface area contributed by atoms with Crippen LogP contribution < -0.4 is 0 Å². The van der Waals surface area contributed by atoms with Crippen LogP contribution in [0.25, 0.3) is 22.9 Å². The van der Waals surface area contributed by atoms with Crippen LogP contribution in [0.2, 0.25) is 0 Å². The van der Waals surface area contributed by atoms with Crippen LogP contribution in [0.5, 0.6) is 0 Å². The molecule has 0 fully saturated rings. The molecule has 0 aromatic rings. The molecule has 242 valence electrons. The van der Waals surface area contributed by atoms with Crippen LogP contribution in [0.15, 0.2) is 0 Å². The third-order valence-electron chi connectivity index (χ3n) is 5.48. The van der Waals surface area contributed by atoms with Gasteiger partial charge in [-0.15, -0.1) is 0 Å². The van der Waals surface area contributed by atoms with Crippen LogP contribution in [0.3, 0.4) is 0 Å². The normalized spacial score (nSPS) is 10.3. The average Bonchev–Trinajstić information content (AvgIpc) is 2.64. The molecule has 13 heteroatoms. The fourth-order valence-corrected chi connectivity index (χ4v) is 4.45. The molecule has 0 rings (SSSR count). The molecule has 0 aromatic carbocycles. The van der Waals surface area contributed by atoms with Crippen molar-refractivity contribution in [1.29, 1.82) is 21.6 Å². The maximum Gasteiger partial charge on any atom is 0.00314 e. The van der Waals surface area contributed by atoms with E-state index < -0.39 is 0 Å². The molecular formula is C28H64N12Zn-4. The number of hydrogen-bond acceptors (Lipinski definition) is 4. The van der Waals surface area contributed by atoms with Gasteiger partial charge in [-0.3, -0.25) is 0 Å². The molecule has 0 bridgehead atoms. The van der Waals surface area contributed by atoms with E-state index in [1.54, 1.807) is 19.6 Å². The number of nitrogens with one attached hydrogen (secondary N) is 8. The molecular weight excluding hydrogens is 570 g/mol. The van der Waals surface area contributed by atoms with Gasteiger partial charge in [0.2, 0.25) is 0 Å². The van der Waals surface area contributed by atoms with Crippen molar-refractivity contribution in [3.63, 3.8) is 0 Å². The zero-order valence-corrected chi connectivity index (χ0v) is 32.1. The fourth-order valence-electron chi connectivity index (χ4n) is 4.45. The molecule has 0 unspecified atom stereocenters. The van der Waals surface area contributed by atoms with E-state index in [9.17, 15) is 0 Å². The van der Waals surface area contributed by atoms with Crippen LogP contribution in [-0.2, 0) is 19.5 Å². The van der Waals surface area contributed by atoms with Crippen LogP contribution >= 0.6 is 0 Å². The van der Waals surface area contributed by atoms with E-state index in [1.165, 1.54) is 0 Å². The Morgan fingerprint density at radius 1 is 0.317 bits per heavy atom. The van der Waals surface area contributed by atoms with Crippen molar-refractivity contribution in [3.8, 4) is 0 Å². The van der Waals surface area contributed by atoms with E-state index in [0.29, 0.717) is 0 Å². The smallest absolute Gasteiger partial charge is 0.00314 e. The zero-order chi connectivity index (χ0) is 33.2. The summed E-state index contributed by atoms with van der Waals surface area (Å²) < 4.78 is 0. The van der Waals surface area contributed by atoms with Gasteiger partial charge in [0.15, 0.2) is 0 Å². The van der Waals surface area contributed by atoms with Crippen molar-refractivity contribution in [1.82, 2.24) is 19.6 Å². The molecule has 0 radical (unpaired) electrons. The molecule has 0 amide bonds. The van der Waals surface area contributed by atoms with Crippen molar-refractivity contribution in [3.05, 3.63) is 22.9 Å². The number of hydrogen-bond donors (Lipinski definition) is 4. The molecule has 8 N–H and O–H groups in total. The quantitative estimate of drug-likeness (QED) is 0.118. The zero-order valence-electron chi connectivity index (χ0n) is 29.1. The second-order valence-corrected chi connectivity index (χ2v) is 11.8. The predicted molar refractivity (Wildman–Crippen MR) is 177 cm³/mol. The molecule has 0 aliphatic carbocycles. The Balaban J connectivity index is -0.000000139. The second-order valence-electron chi connectivity index (χ2n) is 11.8. The van der Waals surface area contributed by atoms with Crippen LogP contribution in [-0.4, -0.2) is 91.8 Å². The van der Waals surface area contributed by atoms with E-state index in [-0.39, 0.29) is 91.7 Å². The van der Waals surface area contributed by atoms with Crippen LogP contribution in [0, 0.1) is 21.6 Å². The maximum absolute atomic E-state index is 7.10. The number of rotatable bonds is 8. The van der Waals surface area contributed by atoms with Crippen molar-refractivity contribution in [2.24, 2.45) is 0 Å². The van der Waals surface area contributed by atoms with Gasteiger partial charge in [-0.1, -0.05) is 111 Å². The van der Waals surface area contributed by atoms with Gasteiger partial charge in [-0.2, -0.15) is 0 Å². The summed E-state index contributed by atoms with van der Waals surface area (Å²) >= 11 is 0. The minimum Gasteiger partial charge on any atom is -0.422 e. The van der Waals surface area contributed by atoms with E-state index in [1.807, 2.05) is 111 Å². The molecule has 0 aliphatic heterocycles. The average molecular weight is 634 g/mol. The Hall–Kier alpha value is -2.30. The Morgan fingerprint density at radius 2 is 0.390 bits per heavy atom. The topological polar surface area (TPSA) is 204 Å². The third kappa shape index (κ3) is 23.0. The first kappa shape index (κ1) is 48.4. The molecule has 0 aromatic heterocycles. The summed E-state index contributed by atoms with van der Waals surface area (Å²) in [4.78, 5) is 7.00. The van der Waals surface area contributed by atoms with Crippen LogP contribution in [0.4, 0.5) is 0 Å². The predicted octanol–water partition coefficient (Wildman–Crippen LogP) is 8.37. The van der Waals surface area contributed by atoms with Gasteiger partial charge in [0.05, 0.1) is 0 Å².